The van der Waals surface area contributed by atoms with Crippen molar-refractivity contribution in [2.24, 2.45) is 5.10 Å². The minimum absolute atomic E-state index is 0.00849. The molecule has 0 radical (unpaired) electrons. The molecule has 0 saturated heterocycles. The van der Waals surface area contributed by atoms with Gasteiger partial charge in [0.2, 0.25) is 5.91 Å². The van der Waals surface area contributed by atoms with Crippen LogP contribution in [0, 0.1) is 0 Å². The molecule has 0 unspecified atom stereocenters. The van der Waals surface area contributed by atoms with Crippen molar-refractivity contribution in [1.82, 2.24) is 5.43 Å². The van der Waals surface area contributed by atoms with Crippen molar-refractivity contribution in [1.29, 1.82) is 0 Å². The van der Waals surface area contributed by atoms with Crippen molar-refractivity contribution in [2.45, 2.75) is 20.3 Å². The van der Waals surface area contributed by atoms with E-state index in [1.807, 2.05) is 36.4 Å². The standard InChI is InChI=1S/C25H25N3O5/c1-3-32-25(31)19-8-11-21(12-9-19)26-23(29)14-17(2)27-28-24(30)16-33-22-13-10-18-6-4-5-7-20(18)15-22/h4-13,15H,3,14,16H2,1-2H3,(H,26,29)(H,28,30)/b27-17-. The normalized spacial score (nSPS) is 11.0. The minimum atomic E-state index is -0.433. The zero-order valence-corrected chi connectivity index (χ0v) is 18.5. The van der Waals surface area contributed by atoms with Crippen LogP contribution in [0.4, 0.5) is 5.69 Å². The molecule has 3 rings (SSSR count). The van der Waals surface area contributed by atoms with Gasteiger partial charge in [-0.15, -0.1) is 0 Å². The van der Waals surface area contributed by atoms with Crippen LogP contribution < -0.4 is 15.5 Å². The summed E-state index contributed by atoms with van der Waals surface area (Å²) in [5, 5.41) is 8.76. The smallest absolute Gasteiger partial charge is 0.338 e. The average Bonchev–Trinajstić information content (AvgIpc) is 2.81. The van der Waals surface area contributed by atoms with Crippen LogP contribution in [0.15, 0.2) is 71.8 Å². The fraction of sp³-hybridized carbons (Fsp3) is 0.200. The Labute approximate surface area is 191 Å². The molecule has 0 atom stereocenters. The van der Waals surface area contributed by atoms with Crippen LogP contribution in [0.1, 0.15) is 30.6 Å². The molecule has 2 amide bonds. The second kappa shape index (κ2) is 11.4. The van der Waals surface area contributed by atoms with Crippen LogP contribution >= 0.6 is 0 Å². The number of nitrogens with one attached hydrogen (secondary N) is 2. The van der Waals surface area contributed by atoms with Crippen LogP contribution in [0.25, 0.3) is 10.8 Å². The zero-order chi connectivity index (χ0) is 23.6. The first-order valence-electron chi connectivity index (χ1n) is 10.4. The molecular formula is C25H25N3O5. The van der Waals surface area contributed by atoms with Gasteiger partial charge in [0.1, 0.15) is 5.75 Å². The van der Waals surface area contributed by atoms with E-state index >= 15 is 0 Å². The highest BCUT2D eigenvalue weighted by atomic mass is 16.5. The molecule has 0 aromatic heterocycles. The van der Waals surface area contributed by atoms with Crippen LogP contribution in [-0.4, -0.2) is 36.7 Å². The van der Waals surface area contributed by atoms with E-state index in [0.29, 0.717) is 29.3 Å². The SMILES string of the molecule is CCOC(=O)c1ccc(NC(=O)C/C(C)=N\NC(=O)COc2ccc3ccccc3c2)cc1. The van der Waals surface area contributed by atoms with Gasteiger partial charge in [-0.3, -0.25) is 9.59 Å². The molecule has 0 saturated carbocycles. The van der Waals surface area contributed by atoms with Gasteiger partial charge in [0.25, 0.3) is 5.91 Å². The molecule has 0 heterocycles. The fourth-order valence-electron chi connectivity index (χ4n) is 2.98. The fourth-order valence-corrected chi connectivity index (χ4v) is 2.98. The highest BCUT2D eigenvalue weighted by Gasteiger charge is 2.09. The van der Waals surface area contributed by atoms with Crippen LogP contribution in [-0.2, 0) is 14.3 Å². The number of amides is 2. The summed E-state index contributed by atoms with van der Waals surface area (Å²) in [4.78, 5) is 35.9. The van der Waals surface area contributed by atoms with Gasteiger partial charge < -0.3 is 14.8 Å². The summed E-state index contributed by atoms with van der Waals surface area (Å²) in [7, 11) is 0. The van der Waals surface area contributed by atoms with Crippen molar-refractivity contribution >= 4 is 40.0 Å². The summed E-state index contributed by atoms with van der Waals surface area (Å²) >= 11 is 0. The Balaban J connectivity index is 1.43. The lowest BCUT2D eigenvalue weighted by Gasteiger charge is -2.08. The number of carbonyl (C=O) groups is 3. The number of carbonyl (C=O) groups excluding carboxylic acids is 3. The summed E-state index contributed by atoms with van der Waals surface area (Å²) in [6.07, 6.45) is -0.00849. The Kier molecular flexibility index (Phi) is 8.13. The largest absolute Gasteiger partial charge is 0.484 e. The van der Waals surface area contributed by atoms with E-state index in [9.17, 15) is 14.4 Å². The Bertz CT molecular complexity index is 1170. The molecular weight excluding hydrogens is 422 g/mol. The number of rotatable bonds is 9. The Morgan fingerprint density at radius 1 is 0.909 bits per heavy atom. The summed E-state index contributed by atoms with van der Waals surface area (Å²) in [5.41, 5.74) is 3.75. The Hall–Kier alpha value is -4.20. The highest BCUT2D eigenvalue weighted by molar-refractivity contribution is 6.05. The topological polar surface area (TPSA) is 106 Å². The van der Waals surface area contributed by atoms with Gasteiger partial charge in [0.15, 0.2) is 6.61 Å². The van der Waals surface area contributed by atoms with Crippen molar-refractivity contribution in [2.75, 3.05) is 18.5 Å². The predicted octanol–water partition coefficient (Wildman–Crippen LogP) is 3.92. The zero-order valence-electron chi connectivity index (χ0n) is 18.5. The third-order valence-electron chi connectivity index (χ3n) is 4.56. The molecule has 0 aliphatic rings. The number of esters is 1. The number of hydrogen-bond acceptors (Lipinski definition) is 6. The first-order valence-corrected chi connectivity index (χ1v) is 10.4. The lowest BCUT2D eigenvalue weighted by atomic mass is 10.1. The van der Waals surface area contributed by atoms with Crippen LogP contribution in [0.5, 0.6) is 5.75 Å². The van der Waals surface area contributed by atoms with Gasteiger partial charge in [-0.05, 0) is 61.0 Å². The minimum Gasteiger partial charge on any atom is -0.484 e. The summed E-state index contributed by atoms with van der Waals surface area (Å²) in [5.74, 6) is -0.573. The number of hydrogen-bond donors (Lipinski definition) is 2. The second-order valence-electron chi connectivity index (χ2n) is 7.20. The number of hydrazone groups is 1. The molecule has 33 heavy (non-hydrogen) atoms. The van der Waals surface area contributed by atoms with Crippen LogP contribution in [0.2, 0.25) is 0 Å². The second-order valence-corrected chi connectivity index (χ2v) is 7.20. The third kappa shape index (κ3) is 7.17. The monoisotopic (exact) mass is 447 g/mol. The molecule has 2 N–H and O–H groups in total. The van der Waals surface area contributed by atoms with Crippen molar-refractivity contribution in [3.63, 3.8) is 0 Å². The van der Waals surface area contributed by atoms with Gasteiger partial charge in [0, 0.05) is 11.4 Å². The van der Waals surface area contributed by atoms with E-state index in [2.05, 4.69) is 15.8 Å². The van der Waals surface area contributed by atoms with E-state index in [1.165, 1.54) is 0 Å². The molecule has 8 nitrogen and oxygen atoms in total. The Morgan fingerprint density at radius 3 is 2.36 bits per heavy atom. The lowest BCUT2D eigenvalue weighted by molar-refractivity contribution is -0.123. The number of ether oxygens (including phenoxy) is 2. The lowest BCUT2D eigenvalue weighted by Crippen LogP contribution is -2.26. The van der Waals surface area contributed by atoms with Gasteiger partial charge in [-0.2, -0.15) is 5.10 Å². The maximum absolute atomic E-state index is 12.2. The van der Waals surface area contributed by atoms with Gasteiger partial charge in [-0.1, -0.05) is 30.3 Å². The van der Waals surface area contributed by atoms with Crippen molar-refractivity contribution in [3.8, 4) is 5.75 Å². The number of fused-ring (bicyclic) bond motifs is 1. The Morgan fingerprint density at radius 2 is 1.64 bits per heavy atom. The molecule has 8 heteroatoms. The maximum Gasteiger partial charge on any atom is 0.338 e. The quantitative estimate of drug-likeness (QED) is 0.294. The van der Waals surface area contributed by atoms with Crippen LogP contribution in [0.3, 0.4) is 0 Å². The third-order valence-corrected chi connectivity index (χ3v) is 4.56. The van der Waals surface area contributed by atoms with Crippen molar-refractivity contribution in [3.05, 3.63) is 72.3 Å². The molecule has 3 aromatic carbocycles. The van der Waals surface area contributed by atoms with Gasteiger partial charge in [-0.25, -0.2) is 10.2 Å². The highest BCUT2D eigenvalue weighted by Crippen LogP contribution is 2.20. The molecule has 0 aliphatic carbocycles. The first-order chi connectivity index (χ1) is 15.9. The van der Waals surface area contributed by atoms with Crippen molar-refractivity contribution < 1.29 is 23.9 Å². The first kappa shape index (κ1) is 23.5. The summed E-state index contributed by atoms with van der Waals surface area (Å²) in [6, 6.07) is 19.8. The summed E-state index contributed by atoms with van der Waals surface area (Å²) in [6.45, 7) is 3.46. The van der Waals surface area contributed by atoms with Gasteiger partial charge in [0.05, 0.1) is 18.6 Å². The average molecular weight is 447 g/mol. The van der Waals surface area contributed by atoms with E-state index < -0.39 is 11.9 Å². The molecule has 0 aliphatic heterocycles. The van der Waals surface area contributed by atoms with E-state index in [-0.39, 0.29) is 18.9 Å². The molecule has 0 bridgehead atoms. The molecule has 0 fully saturated rings. The maximum atomic E-state index is 12.2. The van der Waals surface area contributed by atoms with E-state index in [4.69, 9.17) is 9.47 Å². The van der Waals surface area contributed by atoms with E-state index in [0.717, 1.165) is 10.8 Å². The number of nitrogens with zero attached hydrogens (tertiary/aromatic N) is 1. The predicted molar refractivity (Wildman–Crippen MR) is 126 cm³/mol. The van der Waals surface area contributed by atoms with E-state index in [1.54, 1.807) is 44.2 Å². The molecule has 170 valence electrons. The molecule has 0 spiro atoms. The summed E-state index contributed by atoms with van der Waals surface area (Å²) < 4.78 is 10.4. The van der Waals surface area contributed by atoms with Gasteiger partial charge >= 0.3 is 5.97 Å². The molecule has 3 aromatic rings. The number of anilines is 1. The number of benzene rings is 3.